The molecule has 0 radical (unpaired) electrons. The Morgan fingerprint density at radius 3 is 0.906 bits per heavy atom. The maximum atomic E-state index is 12.8. The quantitative estimate of drug-likeness (QED) is 0.0264. The van der Waals surface area contributed by atoms with Crippen molar-refractivity contribution in [1.82, 2.24) is 0 Å². The average Bonchev–Trinajstić information content (AvgIpc) is 3.52. The van der Waals surface area contributed by atoms with Gasteiger partial charge in [-0.1, -0.05) is 338 Å². The maximum Gasteiger partial charge on any atom is 0.472 e. The van der Waals surface area contributed by atoms with Gasteiger partial charge in [0.1, 0.15) is 6.61 Å². The van der Waals surface area contributed by atoms with Gasteiger partial charge in [-0.25, -0.2) is 4.57 Å². The molecule has 498 valence electrons. The van der Waals surface area contributed by atoms with Crippen LogP contribution in [0.2, 0.25) is 0 Å². The van der Waals surface area contributed by atoms with Crippen LogP contribution >= 0.6 is 7.82 Å². The van der Waals surface area contributed by atoms with E-state index in [0.29, 0.717) is 6.42 Å². The van der Waals surface area contributed by atoms with Crippen molar-refractivity contribution < 1.29 is 37.6 Å². The number of unbranched alkanes of at least 4 members (excludes halogenated alkanes) is 47. The summed E-state index contributed by atoms with van der Waals surface area (Å²) in [7, 11) is -4.39. The second-order valence-electron chi connectivity index (χ2n) is 24.8. The molecule has 10 heteroatoms. The van der Waals surface area contributed by atoms with E-state index in [4.69, 9.17) is 24.3 Å². The molecule has 0 aromatic carbocycles. The minimum atomic E-state index is -4.39. The zero-order valence-corrected chi connectivity index (χ0v) is 57.0. The van der Waals surface area contributed by atoms with E-state index in [9.17, 15) is 19.0 Å². The van der Waals surface area contributed by atoms with Crippen LogP contribution in [0.1, 0.15) is 373 Å². The van der Waals surface area contributed by atoms with Crippen molar-refractivity contribution >= 4 is 19.8 Å². The van der Waals surface area contributed by atoms with Crippen LogP contribution in [-0.4, -0.2) is 49.3 Å². The number of allylic oxidation sites excluding steroid dienone is 10. The second kappa shape index (κ2) is 70.8. The Morgan fingerprint density at radius 1 is 0.353 bits per heavy atom. The van der Waals surface area contributed by atoms with E-state index in [2.05, 4.69) is 74.6 Å². The van der Waals surface area contributed by atoms with Crippen LogP contribution in [0.25, 0.3) is 0 Å². The predicted molar refractivity (Wildman–Crippen MR) is 367 cm³/mol. The van der Waals surface area contributed by atoms with Crippen LogP contribution in [0.4, 0.5) is 0 Å². The van der Waals surface area contributed by atoms with Gasteiger partial charge in [-0.3, -0.25) is 18.6 Å². The number of carbonyl (C=O) groups excluding carboxylic acids is 2. The minimum absolute atomic E-state index is 0.0545. The maximum absolute atomic E-state index is 12.8. The molecule has 0 aromatic heterocycles. The highest BCUT2D eigenvalue weighted by atomic mass is 31.2. The number of phosphoric acid groups is 1. The summed E-state index contributed by atoms with van der Waals surface area (Å²) in [6.45, 7) is 3.78. The number of phosphoric ester groups is 1. The van der Waals surface area contributed by atoms with Crippen molar-refractivity contribution in [2.45, 2.75) is 380 Å². The number of ether oxygens (including phenoxy) is 2. The Kier molecular flexibility index (Phi) is 68.9. The van der Waals surface area contributed by atoms with Gasteiger partial charge in [-0.15, -0.1) is 0 Å². The van der Waals surface area contributed by atoms with Gasteiger partial charge in [0.15, 0.2) is 6.10 Å². The van der Waals surface area contributed by atoms with Gasteiger partial charge in [-0.05, 0) is 83.5 Å². The molecule has 0 bridgehead atoms. The lowest BCUT2D eigenvalue weighted by Gasteiger charge is -2.19. The smallest absolute Gasteiger partial charge is 0.462 e. The standard InChI is InChI=1S/C75H140NO8P/c1-3-5-7-9-11-13-15-17-19-21-23-25-27-29-31-32-33-34-35-36-37-38-39-40-42-44-46-48-50-52-54-56-58-60-62-64-66-68-75(78)84-73(72-83-85(79,80)82-70-69-76)71-81-74(77)67-65-63-61-59-57-55-53-51-49-47-45-43-41-30-28-26-24-22-20-18-16-14-12-10-8-6-4-2/h15-18,21-24,27,29,73H,3-14,19-20,25-26,28,30-72,76H2,1-2H3,(H,79,80)/b17-15-,18-16-,23-21-,24-22-,29-27-. The highest BCUT2D eigenvalue weighted by molar-refractivity contribution is 7.47. The first-order valence-electron chi connectivity index (χ1n) is 36.8. The third-order valence-corrected chi connectivity index (χ3v) is 17.4. The van der Waals surface area contributed by atoms with Crippen LogP contribution in [-0.2, 0) is 32.7 Å². The summed E-state index contributed by atoms with van der Waals surface area (Å²) in [5.41, 5.74) is 5.41. The van der Waals surface area contributed by atoms with E-state index in [1.54, 1.807) is 0 Å². The molecule has 85 heavy (non-hydrogen) atoms. The van der Waals surface area contributed by atoms with Gasteiger partial charge in [0, 0.05) is 19.4 Å². The van der Waals surface area contributed by atoms with E-state index in [-0.39, 0.29) is 38.6 Å². The summed E-state index contributed by atoms with van der Waals surface area (Å²) >= 11 is 0. The van der Waals surface area contributed by atoms with Gasteiger partial charge in [0.2, 0.25) is 0 Å². The zero-order chi connectivity index (χ0) is 61.6. The molecule has 0 aliphatic rings. The number of carbonyl (C=O) groups is 2. The molecular weight excluding hydrogens is 1070 g/mol. The van der Waals surface area contributed by atoms with E-state index < -0.39 is 26.5 Å². The van der Waals surface area contributed by atoms with Gasteiger partial charge < -0.3 is 20.1 Å². The monoisotopic (exact) mass is 1210 g/mol. The highest BCUT2D eigenvalue weighted by Crippen LogP contribution is 2.43. The molecule has 0 heterocycles. The molecule has 0 saturated heterocycles. The zero-order valence-electron chi connectivity index (χ0n) is 56.1. The third kappa shape index (κ3) is 70.7. The Hall–Kier alpha value is -2.29. The lowest BCUT2D eigenvalue weighted by molar-refractivity contribution is -0.161. The van der Waals surface area contributed by atoms with Crippen LogP contribution in [0, 0.1) is 0 Å². The summed E-state index contributed by atoms with van der Waals surface area (Å²) in [6.07, 6.45) is 91.9. The van der Waals surface area contributed by atoms with Gasteiger partial charge in [-0.2, -0.15) is 0 Å². The van der Waals surface area contributed by atoms with Crippen molar-refractivity contribution in [3.63, 3.8) is 0 Å². The second-order valence-corrected chi connectivity index (χ2v) is 26.3. The van der Waals surface area contributed by atoms with Crippen molar-refractivity contribution in [1.29, 1.82) is 0 Å². The molecule has 0 rings (SSSR count). The topological polar surface area (TPSA) is 134 Å². The lowest BCUT2D eigenvalue weighted by atomic mass is 10.0. The van der Waals surface area contributed by atoms with Crippen LogP contribution in [0.3, 0.4) is 0 Å². The fourth-order valence-electron chi connectivity index (χ4n) is 10.9. The van der Waals surface area contributed by atoms with Gasteiger partial charge in [0.05, 0.1) is 13.2 Å². The minimum Gasteiger partial charge on any atom is -0.462 e. The Balaban J connectivity index is 3.80. The van der Waals surface area contributed by atoms with Crippen LogP contribution in [0.15, 0.2) is 60.8 Å². The summed E-state index contributed by atoms with van der Waals surface area (Å²) in [5.74, 6) is -0.809. The molecule has 2 unspecified atom stereocenters. The number of nitrogens with two attached hydrogens (primary N) is 1. The van der Waals surface area contributed by atoms with Gasteiger partial charge in [0.25, 0.3) is 0 Å². The first-order valence-corrected chi connectivity index (χ1v) is 38.3. The normalized spacial score (nSPS) is 13.2. The van der Waals surface area contributed by atoms with Crippen molar-refractivity contribution in [3.8, 4) is 0 Å². The summed E-state index contributed by atoms with van der Waals surface area (Å²) in [4.78, 5) is 35.4. The number of rotatable bonds is 70. The largest absolute Gasteiger partial charge is 0.472 e. The number of hydrogen-bond donors (Lipinski definition) is 2. The highest BCUT2D eigenvalue weighted by Gasteiger charge is 2.26. The molecule has 0 aliphatic carbocycles. The van der Waals surface area contributed by atoms with E-state index in [0.717, 1.165) is 51.4 Å². The number of hydrogen-bond acceptors (Lipinski definition) is 8. The van der Waals surface area contributed by atoms with Gasteiger partial charge >= 0.3 is 19.8 Å². The third-order valence-electron chi connectivity index (χ3n) is 16.4. The van der Waals surface area contributed by atoms with Crippen molar-refractivity contribution in [2.75, 3.05) is 26.4 Å². The van der Waals surface area contributed by atoms with Crippen molar-refractivity contribution in [2.24, 2.45) is 5.73 Å². The molecule has 3 N–H and O–H groups in total. The first-order chi connectivity index (χ1) is 41.8. The Morgan fingerprint density at radius 2 is 0.612 bits per heavy atom. The molecule has 0 spiro atoms. The summed E-state index contributed by atoms with van der Waals surface area (Å²) in [6, 6.07) is 0. The molecule has 0 aromatic rings. The van der Waals surface area contributed by atoms with E-state index in [1.165, 1.54) is 289 Å². The van der Waals surface area contributed by atoms with Crippen LogP contribution in [0.5, 0.6) is 0 Å². The molecule has 0 amide bonds. The molecule has 2 atom stereocenters. The molecule has 9 nitrogen and oxygen atoms in total. The number of esters is 2. The van der Waals surface area contributed by atoms with Crippen molar-refractivity contribution in [3.05, 3.63) is 60.8 Å². The average molecular weight is 1210 g/mol. The Bertz CT molecular complexity index is 1580. The van der Waals surface area contributed by atoms with E-state index >= 15 is 0 Å². The SMILES string of the molecule is CCCCCCC/C=C\C/C=C\C/C=C\CCCCCCCCCCCCCCCCCCCCCCCCC(=O)OC(COC(=O)CCCCCCCCCCCCCCCCC/C=C\C/C=C\CCCCCCC)COP(=O)(O)OCCN. The first kappa shape index (κ1) is 82.7. The van der Waals surface area contributed by atoms with Crippen LogP contribution < -0.4 is 5.73 Å². The molecule has 0 fully saturated rings. The van der Waals surface area contributed by atoms with E-state index in [1.807, 2.05) is 0 Å². The molecule has 0 aliphatic heterocycles. The Labute approximate surface area is 527 Å². The predicted octanol–water partition coefficient (Wildman–Crippen LogP) is 24.2. The summed E-state index contributed by atoms with van der Waals surface area (Å²) < 4.78 is 33.2. The fraction of sp³-hybridized carbons (Fsp3) is 0.840. The molecular formula is C75H140NO8P. The summed E-state index contributed by atoms with van der Waals surface area (Å²) in [5, 5.41) is 0. The molecule has 0 saturated carbocycles. The lowest BCUT2D eigenvalue weighted by Crippen LogP contribution is -2.29. The fourth-order valence-corrected chi connectivity index (χ4v) is 11.7.